The number of aromatic nitrogens is 6. The Morgan fingerprint density at radius 1 is 1.21 bits per heavy atom. The molecule has 4 aromatic heterocycles. The second kappa shape index (κ2) is 7.18. The van der Waals surface area contributed by atoms with Crippen molar-refractivity contribution in [3.8, 4) is 17.4 Å². The van der Waals surface area contributed by atoms with Gasteiger partial charge in [0, 0.05) is 24.0 Å². The fraction of sp³-hybridized carbons (Fsp3) is 0.211. The van der Waals surface area contributed by atoms with Crippen molar-refractivity contribution in [2.75, 3.05) is 6.61 Å². The van der Waals surface area contributed by atoms with Crippen LogP contribution in [0.3, 0.4) is 0 Å². The van der Waals surface area contributed by atoms with Crippen molar-refractivity contribution in [2.45, 2.75) is 20.4 Å². The molecule has 0 unspecified atom stereocenters. The van der Waals surface area contributed by atoms with Gasteiger partial charge in [0.15, 0.2) is 5.65 Å². The van der Waals surface area contributed by atoms with Crippen LogP contribution in [0, 0.1) is 12.7 Å². The van der Waals surface area contributed by atoms with E-state index in [1.165, 1.54) is 12.1 Å². The molecule has 0 atom stereocenters. The molecular formula is C19H17FN6O2. The molecule has 4 heterocycles. The summed E-state index contributed by atoms with van der Waals surface area (Å²) in [6.07, 6.45) is 4.30. The Kier molecular flexibility index (Phi) is 4.56. The van der Waals surface area contributed by atoms with Crippen LogP contribution in [0.15, 0.2) is 41.6 Å². The Balaban J connectivity index is 1.94. The van der Waals surface area contributed by atoms with Gasteiger partial charge in [0.05, 0.1) is 25.0 Å². The van der Waals surface area contributed by atoms with E-state index in [-0.39, 0.29) is 11.6 Å². The smallest absolute Gasteiger partial charge is 0.318 e. The number of hydrogen-bond acceptors (Lipinski definition) is 6. The molecule has 0 aromatic carbocycles. The van der Waals surface area contributed by atoms with Crippen molar-refractivity contribution in [3.63, 3.8) is 0 Å². The Morgan fingerprint density at radius 3 is 2.79 bits per heavy atom. The molecule has 4 aromatic rings. The number of ether oxygens (including phenoxy) is 1. The standard InChI is InChI=1S/C19H17FN6O2/c1-3-28-19-23-11(2)16-18(25-19)26(10-12-4-5-15(27)22-7-12)17(24-16)13-6-14(20)9-21-8-13/h4-9H,3,10H2,1-2H3,(H,22,27). The van der Waals surface area contributed by atoms with Crippen LogP contribution in [0.5, 0.6) is 6.01 Å². The summed E-state index contributed by atoms with van der Waals surface area (Å²) in [7, 11) is 0. The molecule has 28 heavy (non-hydrogen) atoms. The summed E-state index contributed by atoms with van der Waals surface area (Å²) >= 11 is 0. The highest BCUT2D eigenvalue weighted by molar-refractivity contribution is 5.79. The number of halogens is 1. The van der Waals surface area contributed by atoms with E-state index >= 15 is 0 Å². The number of aryl methyl sites for hydroxylation is 1. The molecule has 0 aliphatic rings. The van der Waals surface area contributed by atoms with Crippen LogP contribution < -0.4 is 10.3 Å². The summed E-state index contributed by atoms with van der Waals surface area (Å²) in [6.45, 7) is 4.46. The third kappa shape index (κ3) is 3.34. The van der Waals surface area contributed by atoms with E-state index < -0.39 is 5.82 Å². The maximum atomic E-state index is 13.8. The van der Waals surface area contributed by atoms with Crippen molar-refractivity contribution in [1.82, 2.24) is 29.5 Å². The zero-order chi connectivity index (χ0) is 19.7. The Labute approximate surface area is 159 Å². The maximum Gasteiger partial charge on any atom is 0.318 e. The predicted octanol–water partition coefficient (Wildman–Crippen LogP) is 2.47. The molecule has 0 fully saturated rings. The van der Waals surface area contributed by atoms with E-state index in [0.717, 1.165) is 11.8 Å². The molecular weight excluding hydrogens is 363 g/mol. The summed E-state index contributed by atoms with van der Waals surface area (Å²) in [4.78, 5) is 31.4. The van der Waals surface area contributed by atoms with Crippen LogP contribution in [0.4, 0.5) is 4.39 Å². The number of nitrogens with one attached hydrogen (secondary N) is 1. The van der Waals surface area contributed by atoms with Gasteiger partial charge in [-0.2, -0.15) is 9.97 Å². The normalized spacial score (nSPS) is 11.1. The highest BCUT2D eigenvalue weighted by atomic mass is 19.1. The van der Waals surface area contributed by atoms with Gasteiger partial charge < -0.3 is 14.3 Å². The van der Waals surface area contributed by atoms with Gasteiger partial charge in [-0.05, 0) is 25.5 Å². The Bertz CT molecular complexity index is 1200. The SMILES string of the molecule is CCOc1nc(C)c2nc(-c3cncc(F)c3)n(Cc3ccc(=O)[nH]c3)c2n1. The van der Waals surface area contributed by atoms with Gasteiger partial charge in [0.2, 0.25) is 5.56 Å². The number of fused-ring (bicyclic) bond motifs is 1. The summed E-state index contributed by atoms with van der Waals surface area (Å²) in [5.41, 5.74) is 2.96. The quantitative estimate of drug-likeness (QED) is 0.571. The van der Waals surface area contributed by atoms with Gasteiger partial charge in [0.25, 0.3) is 0 Å². The van der Waals surface area contributed by atoms with Crippen molar-refractivity contribution >= 4 is 11.2 Å². The number of rotatable bonds is 5. The van der Waals surface area contributed by atoms with E-state index in [1.54, 1.807) is 18.5 Å². The minimum atomic E-state index is -0.460. The van der Waals surface area contributed by atoms with Crippen LogP contribution in [0.2, 0.25) is 0 Å². The molecule has 0 amide bonds. The number of pyridine rings is 2. The van der Waals surface area contributed by atoms with Crippen LogP contribution in [-0.4, -0.2) is 36.1 Å². The molecule has 0 radical (unpaired) electrons. The minimum absolute atomic E-state index is 0.189. The Hall–Kier alpha value is -3.62. The molecule has 0 saturated carbocycles. The first-order valence-corrected chi connectivity index (χ1v) is 8.71. The van der Waals surface area contributed by atoms with Crippen molar-refractivity contribution < 1.29 is 9.13 Å². The zero-order valence-electron chi connectivity index (χ0n) is 15.3. The molecule has 0 aliphatic heterocycles. The number of imidazole rings is 1. The van der Waals surface area contributed by atoms with Gasteiger partial charge in [-0.25, -0.2) is 9.37 Å². The lowest BCUT2D eigenvalue weighted by Gasteiger charge is -2.09. The third-order valence-corrected chi connectivity index (χ3v) is 4.17. The van der Waals surface area contributed by atoms with Gasteiger partial charge in [-0.3, -0.25) is 9.78 Å². The van der Waals surface area contributed by atoms with Gasteiger partial charge in [-0.15, -0.1) is 0 Å². The number of hydrogen-bond donors (Lipinski definition) is 1. The van der Waals surface area contributed by atoms with E-state index in [0.29, 0.717) is 41.4 Å². The summed E-state index contributed by atoms with van der Waals surface area (Å²) in [5, 5.41) is 0. The van der Waals surface area contributed by atoms with Gasteiger partial charge in [0.1, 0.15) is 17.2 Å². The summed E-state index contributed by atoms with van der Waals surface area (Å²) in [5.74, 6) is 0.0391. The van der Waals surface area contributed by atoms with Crippen LogP contribution in [0.1, 0.15) is 18.2 Å². The molecule has 0 spiro atoms. The molecule has 0 saturated heterocycles. The fourth-order valence-corrected chi connectivity index (χ4v) is 2.93. The number of H-pyrrole nitrogens is 1. The van der Waals surface area contributed by atoms with Crippen molar-refractivity contribution in [2.24, 2.45) is 0 Å². The second-order valence-electron chi connectivity index (χ2n) is 6.17. The average Bonchev–Trinajstić information content (AvgIpc) is 3.03. The number of aromatic amines is 1. The Morgan fingerprint density at radius 2 is 2.07 bits per heavy atom. The van der Waals surface area contributed by atoms with Gasteiger partial charge >= 0.3 is 6.01 Å². The minimum Gasteiger partial charge on any atom is -0.464 e. The van der Waals surface area contributed by atoms with E-state index in [9.17, 15) is 9.18 Å². The van der Waals surface area contributed by atoms with Crippen molar-refractivity contribution in [1.29, 1.82) is 0 Å². The van der Waals surface area contributed by atoms with Crippen LogP contribution in [-0.2, 0) is 6.54 Å². The molecule has 1 N–H and O–H groups in total. The summed E-state index contributed by atoms with van der Waals surface area (Å²) in [6, 6.07) is 4.78. The first kappa shape index (κ1) is 17.8. The van der Waals surface area contributed by atoms with E-state index in [4.69, 9.17) is 4.74 Å². The highest BCUT2D eigenvalue weighted by Gasteiger charge is 2.19. The average molecular weight is 380 g/mol. The first-order valence-electron chi connectivity index (χ1n) is 8.71. The van der Waals surface area contributed by atoms with Crippen molar-refractivity contribution in [3.05, 3.63) is 64.2 Å². The largest absolute Gasteiger partial charge is 0.464 e. The molecule has 0 bridgehead atoms. The lowest BCUT2D eigenvalue weighted by molar-refractivity contribution is 0.313. The molecule has 4 rings (SSSR count). The lowest BCUT2D eigenvalue weighted by Crippen LogP contribution is -2.08. The molecule has 8 nitrogen and oxygen atoms in total. The first-order chi connectivity index (χ1) is 13.5. The fourth-order valence-electron chi connectivity index (χ4n) is 2.93. The molecule has 9 heteroatoms. The lowest BCUT2D eigenvalue weighted by atomic mass is 10.2. The van der Waals surface area contributed by atoms with Crippen LogP contribution >= 0.6 is 0 Å². The zero-order valence-corrected chi connectivity index (χ0v) is 15.3. The summed E-state index contributed by atoms with van der Waals surface area (Å²) < 4.78 is 21.1. The predicted molar refractivity (Wildman–Crippen MR) is 101 cm³/mol. The maximum absolute atomic E-state index is 13.8. The molecule has 0 aliphatic carbocycles. The number of nitrogens with zero attached hydrogens (tertiary/aromatic N) is 5. The third-order valence-electron chi connectivity index (χ3n) is 4.17. The highest BCUT2D eigenvalue weighted by Crippen LogP contribution is 2.27. The van der Waals surface area contributed by atoms with E-state index in [2.05, 4.69) is 24.9 Å². The monoisotopic (exact) mass is 380 g/mol. The van der Waals surface area contributed by atoms with Gasteiger partial charge in [-0.1, -0.05) is 6.07 Å². The van der Waals surface area contributed by atoms with Crippen LogP contribution in [0.25, 0.3) is 22.6 Å². The topological polar surface area (TPSA) is 98.6 Å². The molecule has 142 valence electrons. The second-order valence-corrected chi connectivity index (χ2v) is 6.17. The van der Waals surface area contributed by atoms with E-state index in [1.807, 2.05) is 18.4 Å².